The van der Waals surface area contributed by atoms with E-state index < -0.39 is 0 Å². The van der Waals surface area contributed by atoms with Gasteiger partial charge in [-0.3, -0.25) is 4.79 Å². The Morgan fingerprint density at radius 2 is 2.14 bits per heavy atom. The van der Waals surface area contributed by atoms with E-state index in [1.54, 1.807) is 17.8 Å². The molecule has 4 nitrogen and oxygen atoms in total. The third-order valence-corrected chi connectivity index (χ3v) is 3.87. The zero-order valence-corrected chi connectivity index (χ0v) is 13.1. The van der Waals surface area contributed by atoms with Gasteiger partial charge in [0.2, 0.25) is 0 Å². The summed E-state index contributed by atoms with van der Waals surface area (Å²) in [7, 11) is 0. The van der Waals surface area contributed by atoms with Gasteiger partial charge in [-0.1, -0.05) is 32.0 Å². The first-order chi connectivity index (χ1) is 10.0. The van der Waals surface area contributed by atoms with Crippen LogP contribution in [-0.2, 0) is 16.3 Å². The monoisotopic (exact) mass is 286 g/mol. The van der Waals surface area contributed by atoms with Gasteiger partial charge in [0.1, 0.15) is 0 Å². The molecule has 0 N–H and O–H groups in total. The lowest BCUT2D eigenvalue weighted by Crippen LogP contribution is -2.06. The van der Waals surface area contributed by atoms with Crippen molar-refractivity contribution < 1.29 is 9.53 Å². The average Bonchev–Trinajstić information content (AvgIpc) is 2.95. The number of esters is 1. The molecule has 1 heterocycles. The van der Waals surface area contributed by atoms with Crippen LogP contribution in [0.15, 0.2) is 30.7 Å². The van der Waals surface area contributed by atoms with Gasteiger partial charge in [-0.2, -0.15) is 0 Å². The van der Waals surface area contributed by atoms with Crippen LogP contribution in [0.2, 0.25) is 0 Å². The molecule has 1 aromatic carbocycles. The van der Waals surface area contributed by atoms with E-state index in [2.05, 4.69) is 44.0 Å². The van der Waals surface area contributed by atoms with Crippen molar-refractivity contribution in [1.29, 1.82) is 0 Å². The molecular weight excluding hydrogens is 264 g/mol. The molecular formula is C17H22N2O2. The number of hydrogen-bond acceptors (Lipinski definition) is 3. The first-order valence-corrected chi connectivity index (χ1v) is 7.26. The standard InChI is InChI=1S/C17H22N2O2/c1-5-17(20)21-11-19-9-16(18-10-19)14(4)15-8-6-7-12(2)13(15)3/h6-10,14H,5,11H2,1-4H3/t14-/m0/s1. The summed E-state index contributed by atoms with van der Waals surface area (Å²) in [5.74, 6) is 0.0147. The summed E-state index contributed by atoms with van der Waals surface area (Å²) in [6, 6.07) is 6.34. The summed E-state index contributed by atoms with van der Waals surface area (Å²) >= 11 is 0. The quantitative estimate of drug-likeness (QED) is 0.789. The van der Waals surface area contributed by atoms with Gasteiger partial charge in [0.25, 0.3) is 0 Å². The molecule has 1 aromatic heterocycles. The van der Waals surface area contributed by atoms with Gasteiger partial charge < -0.3 is 9.30 Å². The fourth-order valence-corrected chi connectivity index (χ4v) is 2.32. The van der Waals surface area contributed by atoms with E-state index >= 15 is 0 Å². The maximum Gasteiger partial charge on any atom is 0.307 e. The lowest BCUT2D eigenvalue weighted by atomic mass is 9.92. The summed E-state index contributed by atoms with van der Waals surface area (Å²) < 4.78 is 6.90. The number of imidazole rings is 1. The van der Waals surface area contributed by atoms with Crippen LogP contribution in [0.5, 0.6) is 0 Å². The highest BCUT2D eigenvalue weighted by atomic mass is 16.5. The highest BCUT2D eigenvalue weighted by Gasteiger charge is 2.14. The Kier molecular flexibility index (Phi) is 4.78. The second-order valence-electron chi connectivity index (χ2n) is 5.32. The fraction of sp³-hybridized carbons (Fsp3) is 0.412. The van der Waals surface area contributed by atoms with Crippen molar-refractivity contribution in [3.63, 3.8) is 0 Å². The Balaban J connectivity index is 2.13. The zero-order chi connectivity index (χ0) is 15.4. The van der Waals surface area contributed by atoms with Crippen LogP contribution in [0.3, 0.4) is 0 Å². The number of carbonyl (C=O) groups is 1. The molecule has 0 amide bonds. The Morgan fingerprint density at radius 3 is 2.86 bits per heavy atom. The van der Waals surface area contributed by atoms with Crippen LogP contribution in [0.1, 0.15) is 48.6 Å². The van der Waals surface area contributed by atoms with Crippen LogP contribution in [-0.4, -0.2) is 15.5 Å². The van der Waals surface area contributed by atoms with Gasteiger partial charge in [-0.05, 0) is 30.5 Å². The molecule has 0 fully saturated rings. The maximum atomic E-state index is 11.2. The third-order valence-electron chi connectivity index (χ3n) is 3.87. The van der Waals surface area contributed by atoms with Crippen LogP contribution in [0.4, 0.5) is 0 Å². The van der Waals surface area contributed by atoms with Gasteiger partial charge in [0, 0.05) is 18.5 Å². The van der Waals surface area contributed by atoms with Crippen molar-refractivity contribution in [3.8, 4) is 0 Å². The molecule has 2 aromatic rings. The lowest BCUT2D eigenvalue weighted by molar-refractivity contribution is -0.147. The first-order valence-electron chi connectivity index (χ1n) is 7.26. The minimum atomic E-state index is -0.201. The minimum absolute atomic E-state index is 0.201. The fourth-order valence-electron chi connectivity index (χ4n) is 2.32. The number of nitrogens with zero attached hydrogens (tertiary/aromatic N) is 2. The van der Waals surface area contributed by atoms with E-state index in [1.807, 2.05) is 6.20 Å². The van der Waals surface area contributed by atoms with E-state index in [0.29, 0.717) is 6.42 Å². The molecule has 0 radical (unpaired) electrons. The minimum Gasteiger partial charge on any atom is -0.444 e. The van der Waals surface area contributed by atoms with Crippen molar-refractivity contribution in [2.24, 2.45) is 0 Å². The Bertz CT molecular complexity index is 631. The molecule has 0 bridgehead atoms. The average molecular weight is 286 g/mol. The normalized spacial score (nSPS) is 12.2. The smallest absolute Gasteiger partial charge is 0.307 e. The molecule has 2 rings (SSSR count). The molecule has 0 spiro atoms. The SMILES string of the molecule is CCC(=O)OCn1cnc([C@@H](C)c2cccc(C)c2C)c1. The highest BCUT2D eigenvalue weighted by Crippen LogP contribution is 2.27. The van der Waals surface area contributed by atoms with Crippen LogP contribution in [0.25, 0.3) is 0 Å². The van der Waals surface area contributed by atoms with Gasteiger partial charge in [0.05, 0.1) is 12.0 Å². The molecule has 112 valence electrons. The second-order valence-corrected chi connectivity index (χ2v) is 5.32. The molecule has 0 saturated carbocycles. The van der Waals surface area contributed by atoms with E-state index in [4.69, 9.17) is 4.74 Å². The molecule has 21 heavy (non-hydrogen) atoms. The summed E-state index contributed by atoms with van der Waals surface area (Å²) in [5, 5.41) is 0. The summed E-state index contributed by atoms with van der Waals surface area (Å²) in [6.07, 6.45) is 4.04. The maximum absolute atomic E-state index is 11.2. The molecule has 0 aliphatic rings. The number of benzene rings is 1. The molecule has 0 aliphatic carbocycles. The molecule has 0 aliphatic heterocycles. The predicted molar refractivity (Wildman–Crippen MR) is 82.0 cm³/mol. The van der Waals surface area contributed by atoms with Crippen LogP contribution < -0.4 is 0 Å². The number of rotatable bonds is 5. The van der Waals surface area contributed by atoms with Gasteiger partial charge in [-0.15, -0.1) is 0 Å². The number of aryl methyl sites for hydroxylation is 1. The van der Waals surface area contributed by atoms with Gasteiger partial charge in [0.15, 0.2) is 6.73 Å². The Hall–Kier alpha value is -2.10. The third kappa shape index (κ3) is 3.51. The molecule has 0 saturated heterocycles. The van der Waals surface area contributed by atoms with Crippen molar-refractivity contribution >= 4 is 5.97 Å². The van der Waals surface area contributed by atoms with E-state index in [-0.39, 0.29) is 18.6 Å². The second kappa shape index (κ2) is 6.57. The number of carbonyl (C=O) groups excluding carboxylic acids is 1. The topological polar surface area (TPSA) is 44.1 Å². The van der Waals surface area contributed by atoms with Crippen LogP contribution >= 0.6 is 0 Å². The predicted octanol–water partition coefficient (Wildman–Crippen LogP) is 3.56. The van der Waals surface area contributed by atoms with Gasteiger partial charge >= 0.3 is 5.97 Å². The molecule has 4 heteroatoms. The van der Waals surface area contributed by atoms with E-state index in [9.17, 15) is 4.79 Å². The van der Waals surface area contributed by atoms with E-state index in [0.717, 1.165) is 5.69 Å². The largest absolute Gasteiger partial charge is 0.444 e. The molecule has 0 unspecified atom stereocenters. The number of ether oxygens (including phenoxy) is 1. The molecule has 1 atom stereocenters. The lowest BCUT2D eigenvalue weighted by Gasteiger charge is -2.14. The number of hydrogen-bond donors (Lipinski definition) is 0. The van der Waals surface area contributed by atoms with Crippen molar-refractivity contribution in [1.82, 2.24) is 9.55 Å². The number of aromatic nitrogens is 2. The summed E-state index contributed by atoms with van der Waals surface area (Å²) in [6.45, 7) is 8.41. The first kappa shape index (κ1) is 15.3. The van der Waals surface area contributed by atoms with Crippen molar-refractivity contribution in [2.45, 2.75) is 46.8 Å². The Labute approximate surface area is 125 Å². The van der Waals surface area contributed by atoms with Crippen molar-refractivity contribution in [3.05, 3.63) is 53.1 Å². The van der Waals surface area contributed by atoms with Crippen molar-refractivity contribution in [2.75, 3.05) is 0 Å². The van der Waals surface area contributed by atoms with Gasteiger partial charge in [-0.25, -0.2) is 4.98 Å². The highest BCUT2D eigenvalue weighted by molar-refractivity contribution is 5.68. The summed E-state index contributed by atoms with van der Waals surface area (Å²) in [4.78, 5) is 15.6. The van der Waals surface area contributed by atoms with Crippen LogP contribution in [0, 0.1) is 13.8 Å². The van der Waals surface area contributed by atoms with E-state index in [1.165, 1.54) is 16.7 Å². The summed E-state index contributed by atoms with van der Waals surface area (Å²) in [5.41, 5.74) is 4.86. The Morgan fingerprint density at radius 1 is 1.38 bits per heavy atom. The zero-order valence-electron chi connectivity index (χ0n) is 13.1.